The second-order valence-corrected chi connectivity index (χ2v) is 6.37. The summed E-state index contributed by atoms with van der Waals surface area (Å²) in [5, 5.41) is 3.61. The SMILES string of the molecule is CCCC1CC1NC(=NCC)N1CCCC(C(=O)OCC)C1. The molecule has 22 heavy (non-hydrogen) atoms. The number of esters is 1. The predicted molar refractivity (Wildman–Crippen MR) is 88.8 cm³/mol. The number of hydrogen-bond acceptors (Lipinski definition) is 3. The fourth-order valence-electron chi connectivity index (χ4n) is 3.29. The lowest BCUT2D eigenvalue weighted by Gasteiger charge is -2.34. The van der Waals surface area contributed by atoms with Crippen molar-refractivity contribution in [3.8, 4) is 0 Å². The minimum atomic E-state index is -0.0571. The van der Waals surface area contributed by atoms with Gasteiger partial charge in [0.25, 0.3) is 0 Å². The molecular weight excluding hydrogens is 278 g/mol. The summed E-state index contributed by atoms with van der Waals surface area (Å²) >= 11 is 0. The molecule has 0 aromatic rings. The van der Waals surface area contributed by atoms with Crippen molar-refractivity contribution in [3.05, 3.63) is 0 Å². The van der Waals surface area contributed by atoms with Gasteiger partial charge in [0.15, 0.2) is 5.96 Å². The number of likely N-dealkylation sites (tertiary alicyclic amines) is 1. The van der Waals surface area contributed by atoms with Gasteiger partial charge in [0.1, 0.15) is 0 Å². The highest BCUT2D eigenvalue weighted by Crippen LogP contribution is 2.34. The zero-order valence-electron chi connectivity index (χ0n) is 14.3. The fraction of sp³-hybridized carbons (Fsp3) is 0.882. The van der Waals surface area contributed by atoms with Gasteiger partial charge in [0.05, 0.1) is 12.5 Å². The van der Waals surface area contributed by atoms with Gasteiger partial charge in [0.2, 0.25) is 0 Å². The van der Waals surface area contributed by atoms with E-state index < -0.39 is 0 Å². The third kappa shape index (κ3) is 4.62. The van der Waals surface area contributed by atoms with Crippen molar-refractivity contribution in [1.29, 1.82) is 0 Å². The van der Waals surface area contributed by atoms with Gasteiger partial charge < -0.3 is 15.0 Å². The van der Waals surface area contributed by atoms with E-state index in [4.69, 9.17) is 4.74 Å². The highest BCUT2D eigenvalue weighted by molar-refractivity contribution is 5.82. The van der Waals surface area contributed by atoms with Crippen LogP contribution in [0.4, 0.5) is 0 Å². The van der Waals surface area contributed by atoms with E-state index in [2.05, 4.69) is 29.1 Å². The Kier molecular flexibility index (Phi) is 6.52. The molecule has 1 heterocycles. The van der Waals surface area contributed by atoms with Crippen molar-refractivity contribution in [1.82, 2.24) is 10.2 Å². The third-order valence-electron chi connectivity index (χ3n) is 4.55. The molecule has 5 heteroatoms. The molecule has 1 aliphatic heterocycles. The molecule has 1 saturated carbocycles. The number of hydrogen-bond donors (Lipinski definition) is 1. The van der Waals surface area contributed by atoms with Crippen LogP contribution in [0.15, 0.2) is 4.99 Å². The molecule has 2 fully saturated rings. The summed E-state index contributed by atoms with van der Waals surface area (Å²) in [5.41, 5.74) is 0. The minimum Gasteiger partial charge on any atom is -0.466 e. The number of carbonyl (C=O) groups is 1. The number of carbonyl (C=O) groups excluding carboxylic acids is 1. The van der Waals surface area contributed by atoms with Crippen LogP contribution in [0.5, 0.6) is 0 Å². The molecule has 1 N–H and O–H groups in total. The molecule has 0 amide bonds. The minimum absolute atomic E-state index is 0.0109. The van der Waals surface area contributed by atoms with Gasteiger partial charge in [-0.1, -0.05) is 13.3 Å². The third-order valence-corrected chi connectivity index (χ3v) is 4.55. The van der Waals surface area contributed by atoms with Crippen LogP contribution in [-0.2, 0) is 9.53 Å². The second-order valence-electron chi connectivity index (χ2n) is 6.37. The average molecular weight is 309 g/mol. The van der Waals surface area contributed by atoms with Crippen LogP contribution in [0.25, 0.3) is 0 Å². The van der Waals surface area contributed by atoms with E-state index in [9.17, 15) is 4.79 Å². The topological polar surface area (TPSA) is 53.9 Å². The summed E-state index contributed by atoms with van der Waals surface area (Å²) in [7, 11) is 0. The Bertz CT molecular complexity index is 397. The first kappa shape index (κ1) is 17.1. The van der Waals surface area contributed by atoms with Crippen LogP contribution < -0.4 is 5.32 Å². The molecule has 5 nitrogen and oxygen atoms in total. The number of aliphatic imine (C=N–C) groups is 1. The number of piperidine rings is 1. The number of nitrogens with one attached hydrogen (secondary N) is 1. The van der Waals surface area contributed by atoms with E-state index in [0.717, 1.165) is 44.4 Å². The van der Waals surface area contributed by atoms with Crippen molar-refractivity contribution >= 4 is 11.9 Å². The smallest absolute Gasteiger partial charge is 0.310 e. The van der Waals surface area contributed by atoms with Gasteiger partial charge in [-0.05, 0) is 45.4 Å². The monoisotopic (exact) mass is 309 g/mol. The van der Waals surface area contributed by atoms with Gasteiger partial charge in [0, 0.05) is 25.7 Å². The molecule has 3 unspecified atom stereocenters. The van der Waals surface area contributed by atoms with Crippen LogP contribution >= 0.6 is 0 Å². The summed E-state index contributed by atoms with van der Waals surface area (Å²) in [6.45, 7) is 9.11. The van der Waals surface area contributed by atoms with Gasteiger partial charge >= 0.3 is 5.97 Å². The predicted octanol–water partition coefficient (Wildman–Crippen LogP) is 2.42. The quantitative estimate of drug-likeness (QED) is 0.465. The Morgan fingerprint density at radius 1 is 1.36 bits per heavy atom. The molecule has 0 radical (unpaired) electrons. The highest BCUT2D eigenvalue weighted by atomic mass is 16.5. The first-order valence-corrected chi connectivity index (χ1v) is 8.92. The summed E-state index contributed by atoms with van der Waals surface area (Å²) < 4.78 is 5.19. The van der Waals surface area contributed by atoms with Gasteiger partial charge in [-0.2, -0.15) is 0 Å². The lowest BCUT2D eigenvalue weighted by atomic mass is 9.98. The Hall–Kier alpha value is -1.26. The summed E-state index contributed by atoms with van der Waals surface area (Å²) in [4.78, 5) is 18.9. The van der Waals surface area contributed by atoms with Crippen LogP contribution in [0.1, 0.15) is 52.9 Å². The van der Waals surface area contributed by atoms with Crippen LogP contribution in [0.2, 0.25) is 0 Å². The molecule has 0 aromatic heterocycles. The van der Waals surface area contributed by atoms with E-state index in [1.54, 1.807) is 0 Å². The number of guanidine groups is 1. The van der Waals surface area contributed by atoms with E-state index in [0.29, 0.717) is 12.6 Å². The van der Waals surface area contributed by atoms with Crippen molar-refractivity contribution in [2.45, 2.75) is 58.9 Å². The summed E-state index contributed by atoms with van der Waals surface area (Å²) in [6, 6.07) is 0.577. The van der Waals surface area contributed by atoms with Crippen molar-refractivity contribution in [2.75, 3.05) is 26.2 Å². The number of rotatable bonds is 6. The first-order valence-electron chi connectivity index (χ1n) is 8.92. The summed E-state index contributed by atoms with van der Waals surface area (Å²) in [5.74, 6) is 1.72. The summed E-state index contributed by atoms with van der Waals surface area (Å²) in [6.07, 6.45) is 5.75. The molecule has 0 spiro atoms. The molecule has 1 aliphatic carbocycles. The van der Waals surface area contributed by atoms with E-state index in [1.807, 2.05) is 6.92 Å². The molecule has 1 saturated heterocycles. The molecule has 126 valence electrons. The van der Waals surface area contributed by atoms with Crippen LogP contribution in [0.3, 0.4) is 0 Å². The van der Waals surface area contributed by atoms with Crippen molar-refractivity contribution < 1.29 is 9.53 Å². The van der Waals surface area contributed by atoms with Crippen LogP contribution in [0, 0.1) is 11.8 Å². The fourth-order valence-corrected chi connectivity index (χ4v) is 3.29. The molecule has 3 atom stereocenters. The standard InChI is InChI=1S/C17H31N3O2/c1-4-8-13-11-15(13)19-17(18-5-2)20-10-7-9-14(12-20)16(21)22-6-3/h13-15H,4-12H2,1-3H3,(H,18,19). The van der Waals surface area contributed by atoms with Crippen LogP contribution in [-0.4, -0.2) is 49.1 Å². The Labute approximate surface area is 134 Å². The molecule has 0 bridgehead atoms. The Balaban J connectivity index is 1.91. The Morgan fingerprint density at radius 2 is 2.18 bits per heavy atom. The lowest BCUT2D eigenvalue weighted by molar-refractivity contribution is -0.149. The molecule has 2 aliphatic rings. The maximum absolute atomic E-state index is 12.0. The van der Waals surface area contributed by atoms with E-state index >= 15 is 0 Å². The maximum atomic E-state index is 12.0. The van der Waals surface area contributed by atoms with Gasteiger partial charge in [-0.3, -0.25) is 9.79 Å². The molecule has 2 rings (SSSR count). The number of nitrogens with zero attached hydrogens (tertiary/aromatic N) is 2. The van der Waals surface area contributed by atoms with Crippen molar-refractivity contribution in [3.63, 3.8) is 0 Å². The normalized spacial score (nSPS) is 28.4. The van der Waals surface area contributed by atoms with Crippen molar-refractivity contribution in [2.24, 2.45) is 16.8 Å². The van der Waals surface area contributed by atoms with E-state index in [-0.39, 0.29) is 11.9 Å². The molecule has 0 aromatic carbocycles. The zero-order valence-corrected chi connectivity index (χ0v) is 14.3. The highest BCUT2D eigenvalue weighted by Gasteiger charge is 2.38. The second kappa shape index (κ2) is 8.39. The van der Waals surface area contributed by atoms with Gasteiger partial charge in [-0.25, -0.2) is 0 Å². The Morgan fingerprint density at radius 3 is 2.86 bits per heavy atom. The zero-order chi connectivity index (χ0) is 15.9. The largest absolute Gasteiger partial charge is 0.466 e. The first-order chi connectivity index (χ1) is 10.7. The molecular formula is C17H31N3O2. The number of ether oxygens (including phenoxy) is 1. The van der Waals surface area contributed by atoms with E-state index in [1.165, 1.54) is 19.3 Å². The average Bonchev–Trinajstić information content (AvgIpc) is 3.25. The van der Waals surface area contributed by atoms with Gasteiger partial charge in [-0.15, -0.1) is 0 Å². The maximum Gasteiger partial charge on any atom is 0.310 e. The lowest BCUT2D eigenvalue weighted by Crippen LogP contribution is -2.49.